The van der Waals surface area contributed by atoms with Gasteiger partial charge in [0.15, 0.2) is 0 Å². The van der Waals surface area contributed by atoms with Crippen molar-refractivity contribution in [2.45, 2.75) is 37.5 Å². The Morgan fingerprint density at radius 1 is 1.04 bits per heavy atom. The van der Waals surface area contributed by atoms with E-state index in [0.29, 0.717) is 6.04 Å². The first-order valence-corrected chi connectivity index (χ1v) is 9.15. The van der Waals surface area contributed by atoms with Gasteiger partial charge in [-0.1, -0.05) is 36.4 Å². The van der Waals surface area contributed by atoms with E-state index in [2.05, 4.69) is 34.5 Å². The molecule has 4 rings (SSSR count). The van der Waals surface area contributed by atoms with Gasteiger partial charge < -0.3 is 15.2 Å². The highest BCUT2D eigenvalue weighted by Gasteiger charge is 2.36. The van der Waals surface area contributed by atoms with Gasteiger partial charge in [-0.05, 0) is 42.5 Å². The molecule has 2 unspecified atom stereocenters. The zero-order valence-corrected chi connectivity index (χ0v) is 14.7. The number of hydrogen-bond acceptors (Lipinski definition) is 4. The Balaban J connectivity index is 1.36. The molecule has 0 spiro atoms. The Morgan fingerprint density at radius 3 is 2.52 bits per heavy atom. The molecule has 1 aliphatic carbocycles. The van der Waals surface area contributed by atoms with Crippen molar-refractivity contribution in [3.63, 3.8) is 0 Å². The fourth-order valence-corrected chi connectivity index (χ4v) is 4.24. The van der Waals surface area contributed by atoms with Crippen molar-refractivity contribution in [3.05, 3.63) is 59.7 Å². The van der Waals surface area contributed by atoms with Crippen LogP contribution >= 0.6 is 0 Å². The number of fused-ring (bicyclic) bond motifs is 1. The van der Waals surface area contributed by atoms with Gasteiger partial charge in [0.2, 0.25) is 0 Å². The normalized spacial score (nSPS) is 24.1. The minimum atomic E-state index is -0.352. The zero-order valence-electron chi connectivity index (χ0n) is 14.7. The Labute approximate surface area is 149 Å². The molecule has 2 atom stereocenters. The van der Waals surface area contributed by atoms with Crippen LogP contribution < -0.4 is 10.1 Å². The molecule has 1 saturated heterocycles. The molecule has 2 aromatic carbocycles. The lowest BCUT2D eigenvalue weighted by molar-refractivity contribution is 0.0474. The van der Waals surface area contributed by atoms with Crippen molar-refractivity contribution in [2.24, 2.45) is 0 Å². The lowest BCUT2D eigenvalue weighted by Gasteiger charge is -2.38. The molecule has 4 heteroatoms. The second kappa shape index (κ2) is 7.06. The van der Waals surface area contributed by atoms with Crippen molar-refractivity contribution in [3.8, 4) is 5.75 Å². The molecule has 2 N–H and O–H groups in total. The summed E-state index contributed by atoms with van der Waals surface area (Å²) in [5, 5.41) is 14.3. The van der Waals surface area contributed by atoms with E-state index in [0.717, 1.165) is 49.4 Å². The van der Waals surface area contributed by atoms with Gasteiger partial charge in [-0.25, -0.2) is 0 Å². The molecule has 132 valence electrons. The molecule has 1 aliphatic heterocycles. The molecule has 2 aromatic rings. The van der Waals surface area contributed by atoms with Gasteiger partial charge in [0.05, 0.1) is 18.9 Å². The van der Waals surface area contributed by atoms with E-state index in [4.69, 9.17) is 4.74 Å². The maximum absolute atomic E-state index is 10.7. The molecule has 0 saturated carbocycles. The third-order valence-electron chi connectivity index (χ3n) is 5.63. The zero-order chi connectivity index (χ0) is 17.2. The van der Waals surface area contributed by atoms with E-state index >= 15 is 0 Å². The van der Waals surface area contributed by atoms with E-state index < -0.39 is 0 Å². The van der Waals surface area contributed by atoms with E-state index in [-0.39, 0.29) is 12.1 Å². The fourth-order valence-electron chi connectivity index (χ4n) is 4.24. The molecular weight excluding hydrogens is 312 g/mol. The van der Waals surface area contributed by atoms with Crippen molar-refractivity contribution in [2.75, 3.05) is 25.5 Å². The summed E-state index contributed by atoms with van der Waals surface area (Å²) in [6.07, 6.45) is 2.77. The van der Waals surface area contributed by atoms with Crippen LogP contribution in [-0.2, 0) is 6.42 Å². The lowest BCUT2D eigenvalue weighted by Crippen LogP contribution is -2.46. The number of nitrogens with one attached hydrogen (secondary N) is 1. The van der Waals surface area contributed by atoms with Gasteiger partial charge in [0.25, 0.3) is 0 Å². The lowest BCUT2D eigenvalue weighted by atomic mass is 10.0. The van der Waals surface area contributed by atoms with Crippen LogP contribution in [0, 0.1) is 0 Å². The fraction of sp³-hybridized carbons (Fsp3) is 0.429. The summed E-state index contributed by atoms with van der Waals surface area (Å²) in [5.41, 5.74) is 3.48. The number of para-hydroxylation sites is 2. The number of nitrogens with zero attached hydrogens (tertiary/aromatic N) is 1. The number of hydrogen-bond donors (Lipinski definition) is 2. The summed E-state index contributed by atoms with van der Waals surface area (Å²) in [6, 6.07) is 17.1. The van der Waals surface area contributed by atoms with Gasteiger partial charge in [0.1, 0.15) is 5.75 Å². The molecule has 0 aromatic heterocycles. The van der Waals surface area contributed by atoms with Crippen LogP contribution in [0.5, 0.6) is 5.75 Å². The highest BCUT2D eigenvalue weighted by Crippen LogP contribution is 2.36. The van der Waals surface area contributed by atoms with Crippen LogP contribution in [0.4, 0.5) is 5.69 Å². The number of benzene rings is 2. The average Bonchev–Trinajstić information content (AvgIpc) is 3.00. The molecular formula is C21H26N2O2. The van der Waals surface area contributed by atoms with E-state index in [9.17, 15) is 5.11 Å². The number of aliphatic hydroxyl groups is 1. The van der Waals surface area contributed by atoms with Crippen LogP contribution in [0.15, 0.2) is 48.5 Å². The van der Waals surface area contributed by atoms with Gasteiger partial charge in [-0.2, -0.15) is 0 Å². The summed E-state index contributed by atoms with van der Waals surface area (Å²) in [4.78, 5) is 2.46. The van der Waals surface area contributed by atoms with Crippen molar-refractivity contribution < 1.29 is 9.84 Å². The Morgan fingerprint density at radius 2 is 1.76 bits per heavy atom. The third kappa shape index (κ3) is 3.24. The molecule has 1 fully saturated rings. The molecule has 0 amide bonds. The molecule has 1 heterocycles. The second-order valence-corrected chi connectivity index (χ2v) is 7.07. The monoisotopic (exact) mass is 338 g/mol. The SMILES string of the molecule is COc1ccccc1NC1CCN(C2Cc3ccccc3C2O)CC1. The topological polar surface area (TPSA) is 44.7 Å². The number of methoxy groups -OCH3 is 1. The first kappa shape index (κ1) is 16.4. The van der Waals surface area contributed by atoms with Crippen LogP contribution in [0.1, 0.15) is 30.1 Å². The standard InChI is InChI=1S/C21H26N2O2/c1-25-20-9-5-4-8-18(20)22-16-10-12-23(13-11-16)19-14-15-6-2-3-7-17(15)21(19)24/h2-9,16,19,21-22,24H,10-14H2,1H3. The number of piperidine rings is 1. The smallest absolute Gasteiger partial charge is 0.141 e. The van der Waals surface area contributed by atoms with E-state index in [1.807, 2.05) is 24.3 Å². The van der Waals surface area contributed by atoms with Crippen molar-refractivity contribution in [1.82, 2.24) is 4.90 Å². The summed E-state index contributed by atoms with van der Waals surface area (Å²) < 4.78 is 5.43. The van der Waals surface area contributed by atoms with Crippen molar-refractivity contribution >= 4 is 5.69 Å². The first-order chi connectivity index (χ1) is 12.3. The number of aliphatic hydroxyl groups excluding tert-OH is 1. The molecule has 4 nitrogen and oxygen atoms in total. The largest absolute Gasteiger partial charge is 0.495 e. The predicted octanol–water partition coefficient (Wildman–Crippen LogP) is 3.23. The van der Waals surface area contributed by atoms with E-state index in [1.54, 1.807) is 7.11 Å². The quantitative estimate of drug-likeness (QED) is 0.898. The van der Waals surface area contributed by atoms with Crippen LogP contribution in [0.2, 0.25) is 0 Å². The Bertz CT molecular complexity index is 725. The number of likely N-dealkylation sites (tertiary alicyclic amines) is 1. The predicted molar refractivity (Wildman–Crippen MR) is 100 cm³/mol. The number of anilines is 1. The van der Waals surface area contributed by atoms with Gasteiger partial charge in [-0.15, -0.1) is 0 Å². The summed E-state index contributed by atoms with van der Waals surface area (Å²) in [5.74, 6) is 0.895. The maximum Gasteiger partial charge on any atom is 0.141 e. The summed E-state index contributed by atoms with van der Waals surface area (Å²) in [7, 11) is 1.71. The minimum Gasteiger partial charge on any atom is -0.495 e. The molecule has 2 aliphatic rings. The Kier molecular flexibility index (Phi) is 4.64. The number of ether oxygens (including phenoxy) is 1. The van der Waals surface area contributed by atoms with Crippen LogP contribution in [0.25, 0.3) is 0 Å². The molecule has 0 bridgehead atoms. The van der Waals surface area contributed by atoms with Crippen molar-refractivity contribution in [1.29, 1.82) is 0 Å². The Hall–Kier alpha value is -2.04. The molecule has 0 radical (unpaired) electrons. The van der Waals surface area contributed by atoms with Crippen LogP contribution in [-0.4, -0.2) is 42.3 Å². The summed E-state index contributed by atoms with van der Waals surface area (Å²) >= 11 is 0. The average molecular weight is 338 g/mol. The van der Waals surface area contributed by atoms with Gasteiger partial charge in [0, 0.05) is 25.2 Å². The highest BCUT2D eigenvalue weighted by atomic mass is 16.5. The first-order valence-electron chi connectivity index (χ1n) is 9.15. The van der Waals surface area contributed by atoms with Gasteiger partial charge >= 0.3 is 0 Å². The summed E-state index contributed by atoms with van der Waals surface area (Å²) in [6.45, 7) is 2.03. The minimum absolute atomic E-state index is 0.226. The third-order valence-corrected chi connectivity index (χ3v) is 5.63. The number of rotatable bonds is 4. The second-order valence-electron chi connectivity index (χ2n) is 7.07. The van der Waals surface area contributed by atoms with Crippen LogP contribution in [0.3, 0.4) is 0 Å². The molecule has 25 heavy (non-hydrogen) atoms. The highest BCUT2D eigenvalue weighted by molar-refractivity contribution is 5.56. The van der Waals surface area contributed by atoms with Gasteiger partial charge in [-0.3, -0.25) is 4.90 Å². The maximum atomic E-state index is 10.7. The van der Waals surface area contributed by atoms with E-state index in [1.165, 1.54) is 5.56 Å².